The molecule has 2 aromatic rings. The van der Waals surface area contributed by atoms with Gasteiger partial charge in [0.05, 0.1) is 6.61 Å². The summed E-state index contributed by atoms with van der Waals surface area (Å²) in [6.45, 7) is 3.10. The lowest BCUT2D eigenvalue weighted by atomic mass is 10.1. The van der Waals surface area contributed by atoms with Crippen LogP contribution in [0.3, 0.4) is 0 Å². The van der Waals surface area contributed by atoms with E-state index >= 15 is 0 Å². The van der Waals surface area contributed by atoms with Gasteiger partial charge in [0.15, 0.2) is 0 Å². The molecule has 0 aliphatic rings. The fourth-order valence-corrected chi connectivity index (χ4v) is 2.22. The molecule has 0 atom stereocenters. The van der Waals surface area contributed by atoms with E-state index in [1.165, 1.54) is 12.8 Å². The summed E-state index contributed by atoms with van der Waals surface area (Å²) < 4.78 is 11.0. The zero-order valence-electron chi connectivity index (χ0n) is 11.7. The molecule has 0 fully saturated rings. The molecule has 0 unspecified atom stereocenters. The molecular weight excluding hydrogens is 256 g/mol. The molecule has 1 N–H and O–H groups in total. The van der Waals surface area contributed by atoms with Crippen molar-refractivity contribution in [3.63, 3.8) is 0 Å². The predicted octanol–water partition coefficient (Wildman–Crippen LogP) is 4.23. The van der Waals surface area contributed by atoms with Crippen LogP contribution < -0.4 is 0 Å². The van der Waals surface area contributed by atoms with E-state index in [2.05, 4.69) is 6.92 Å². The number of para-hydroxylation sites is 1. The fourth-order valence-electron chi connectivity index (χ4n) is 2.22. The number of hydrogen-bond donors (Lipinski definition) is 1. The van der Waals surface area contributed by atoms with Crippen molar-refractivity contribution in [3.8, 4) is 0 Å². The number of ether oxygens (including phenoxy) is 1. The molecule has 1 heterocycles. The minimum Gasteiger partial charge on any atom is -0.475 e. The van der Waals surface area contributed by atoms with Gasteiger partial charge in [-0.15, -0.1) is 0 Å². The van der Waals surface area contributed by atoms with Gasteiger partial charge in [-0.05, 0) is 12.5 Å². The second-order valence-electron chi connectivity index (χ2n) is 4.82. The fraction of sp³-hybridized carbons (Fsp3) is 0.438. The number of carbonyl (C=O) groups is 1. The number of fused-ring (bicyclic) bond motifs is 1. The number of rotatable bonds is 8. The third-order valence-corrected chi connectivity index (χ3v) is 3.28. The Labute approximate surface area is 118 Å². The topological polar surface area (TPSA) is 59.7 Å². The van der Waals surface area contributed by atoms with Crippen molar-refractivity contribution in [2.24, 2.45) is 0 Å². The molecular formula is C16H20O4. The maximum Gasteiger partial charge on any atom is 0.372 e. The quantitative estimate of drug-likeness (QED) is 0.733. The van der Waals surface area contributed by atoms with Crippen molar-refractivity contribution < 1.29 is 19.1 Å². The van der Waals surface area contributed by atoms with Crippen LogP contribution >= 0.6 is 0 Å². The molecule has 2 rings (SSSR count). The Kier molecular flexibility index (Phi) is 5.18. The molecule has 0 radical (unpaired) electrons. The van der Waals surface area contributed by atoms with E-state index in [0.29, 0.717) is 17.8 Å². The van der Waals surface area contributed by atoms with Gasteiger partial charge in [-0.2, -0.15) is 0 Å². The van der Waals surface area contributed by atoms with E-state index in [-0.39, 0.29) is 12.4 Å². The van der Waals surface area contributed by atoms with E-state index in [4.69, 9.17) is 9.15 Å². The highest BCUT2D eigenvalue weighted by atomic mass is 16.5. The van der Waals surface area contributed by atoms with Gasteiger partial charge >= 0.3 is 5.97 Å². The van der Waals surface area contributed by atoms with Gasteiger partial charge in [0, 0.05) is 17.6 Å². The van der Waals surface area contributed by atoms with E-state index in [0.717, 1.165) is 18.2 Å². The lowest BCUT2D eigenvalue weighted by Crippen LogP contribution is -2.02. The molecule has 1 aromatic heterocycles. The molecule has 0 aliphatic carbocycles. The Morgan fingerprint density at radius 1 is 1.25 bits per heavy atom. The van der Waals surface area contributed by atoms with Crippen LogP contribution in [0, 0.1) is 0 Å². The molecule has 20 heavy (non-hydrogen) atoms. The summed E-state index contributed by atoms with van der Waals surface area (Å²) >= 11 is 0. The summed E-state index contributed by atoms with van der Waals surface area (Å²) in [6.07, 6.45) is 4.55. The van der Waals surface area contributed by atoms with Crippen molar-refractivity contribution in [1.82, 2.24) is 0 Å². The number of benzene rings is 1. The first-order chi connectivity index (χ1) is 9.74. The third kappa shape index (κ3) is 3.39. The van der Waals surface area contributed by atoms with Crippen molar-refractivity contribution in [3.05, 3.63) is 35.6 Å². The van der Waals surface area contributed by atoms with E-state index in [9.17, 15) is 9.90 Å². The smallest absolute Gasteiger partial charge is 0.372 e. The van der Waals surface area contributed by atoms with Crippen LogP contribution in [0.4, 0.5) is 0 Å². The summed E-state index contributed by atoms with van der Waals surface area (Å²) in [4.78, 5) is 11.2. The summed E-state index contributed by atoms with van der Waals surface area (Å²) in [5.41, 5.74) is 1.22. The average molecular weight is 276 g/mol. The van der Waals surface area contributed by atoms with Gasteiger partial charge in [0.2, 0.25) is 5.76 Å². The van der Waals surface area contributed by atoms with Gasteiger partial charge in [-0.3, -0.25) is 0 Å². The zero-order chi connectivity index (χ0) is 14.4. The Bertz CT molecular complexity index is 571. The first-order valence-corrected chi connectivity index (χ1v) is 7.05. The zero-order valence-corrected chi connectivity index (χ0v) is 11.7. The Hall–Kier alpha value is -1.81. The molecule has 108 valence electrons. The lowest BCUT2D eigenvalue weighted by molar-refractivity contribution is 0.0652. The number of carboxylic acids is 1. The molecule has 1 aromatic carbocycles. The molecule has 4 nitrogen and oxygen atoms in total. The number of carboxylic acid groups (broad SMARTS) is 1. The summed E-state index contributed by atoms with van der Waals surface area (Å²) in [7, 11) is 0. The third-order valence-electron chi connectivity index (χ3n) is 3.28. The molecule has 0 saturated carbocycles. The molecule has 0 spiro atoms. The Balaban J connectivity index is 2.04. The highest BCUT2D eigenvalue weighted by Gasteiger charge is 2.19. The number of aromatic carboxylic acids is 1. The van der Waals surface area contributed by atoms with E-state index in [1.54, 1.807) is 6.07 Å². The van der Waals surface area contributed by atoms with Crippen LogP contribution in [0.15, 0.2) is 28.7 Å². The second kappa shape index (κ2) is 7.10. The maximum absolute atomic E-state index is 11.2. The minimum atomic E-state index is -1.05. The van der Waals surface area contributed by atoms with Gasteiger partial charge < -0.3 is 14.3 Å². The normalized spacial score (nSPS) is 11.1. The minimum absolute atomic E-state index is 0.0141. The first-order valence-electron chi connectivity index (χ1n) is 7.05. The number of hydrogen-bond acceptors (Lipinski definition) is 3. The Morgan fingerprint density at radius 2 is 2.05 bits per heavy atom. The average Bonchev–Trinajstić information content (AvgIpc) is 2.82. The summed E-state index contributed by atoms with van der Waals surface area (Å²) in [6, 6.07) is 7.33. The SMILES string of the molecule is CCCCCCOCc1c(C(=O)O)oc2ccccc12. The van der Waals surface area contributed by atoms with Gasteiger partial charge in [0.25, 0.3) is 0 Å². The van der Waals surface area contributed by atoms with Crippen LogP contribution in [-0.2, 0) is 11.3 Å². The Morgan fingerprint density at radius 3 is 2.80 bits per heavy atom. The van der Waals surface area contributed by atoms with Crippen molar-refractivity contribution >= 4 is 16.9 Å². The van der Waals surface area contributed by atoms with E-state index < -0.39 is 5.97 Å². The summed E-state index contributed by atoms with van der Waals surface area (Å²) in [5, 5.41) is 10.0. The molecule has 0 aliphatic heterocycles. The predicted molar refractivity (Wildman–Crippen MR) is 77.0 cm³/mol. The van der Waals surface area contributed by atoms with Crippen LogP contribution in [0.5, 0.6) is 0 Å². The molecule has 0 amide bonds. The number of furan rings is 1. The van der Waals surface area contributed by atoms with Crippen LogP contribution in [0.1, 0.15) is 48.7 Å². The maximum atomic E-state index is 11.2. The van der Waals surface area contributed by atoms with Crippen molar-refractivity contribution in [1.29, 1.82) is 0 Å². The van der Waals surface area contributed by atoms with E-state index in [1.807, 2.05) is 18.2 Å². The molecule has 4 heteroatoms. The highest BCUT2D eigenvalue weighted by molar-refractivity contribution is 5.94. The molecule has 0 saturated heterocycles. The summed E-state index contributed by atoms with van der Waals surface area (Å²) in [5.74, 6) is -1.06. The first kappa shape index (κ1) is 14.6. The van der Waals surface area contributed by atoms with Gasteiger partial charge in [0.1, 0.15) is 5.58 Å². The van der Waals surface area contributed by atoms with Crippen LogP contribution in [0.2, 0.25) is 0 Å². The van der Waals surface area contributed by atoms with Gasteiger partial charge in [-0.1, -0.05) is 44.4 Å². The standard InChI is InChI=1S/C16H20O4/c1-2-3-4-7-10-19-11-13-12-8-5-6-9-14(12)20-15(13)16(17)18/h5-6,8-9H,2-4,7,10-11H2,1H3,(H,17,18). The lowest BCUT2D eigenvalue weighted by Gasteiger charge is -2.03. The van der Waals surface area contributed by atoms with Crippen LogP contribution in [0.25, 0.3) is 11.0 Å². The van der Waals surface area contributed by atoms with Crippen LogP contribution in [-0.4, -0.2) is 17.7 Å². The number of unbranched alkanes of at least 4 members (excludes halogenated alkanes) is 3. The van der Waals surface area contributed by atoms with Crippen molar-refractivity contribution in [2.75, 3.05) is 6.61 Å². The highest BCUT2D eigenvalue weighted by Crippen LogP contribution is 2.26. The second-order valence-corrected chi connectivity index (χ2v) is 4.82. The molecule has 0 bridgehead atoms. The van der Waals surface area contributed by atoms with Gasteiger partial charge in [-0.25, -0.2) is 4.79 Å². The van der Waals surface area contributed by atoms with Crippen molar-refractivity contribution in [2.45, 2.75) is 39.2 Å². The monoisotopic (exact) mass is 276 g/mol. The largest absolute Gasteiger partial charge is 0.475 e.